The lowest BCUT2D eigenvalue weighted by atomic mass is 9.93. The minimum atomic E-state index is -3.79. The molecule has 2 heterocycles. The molecule has 0 radical (unpaired) electrons. The summed E-state index contributed by atoms with van der Waals surface area (Å²) in [5.74, 6) is 0.938. The Balaban J connectivity index is 1.69. The SMILES string of the molecule is Cc1ccc(S(=O)(=O)N2CC3=Cc4ccccc4Oc4cc([N+](=O)[O-])cc(c43)C2)cc1. The smallest absolute Gasteiger partial charge is 0.273 e. The number of hydrogen-bond acceptors (Lipinski definition) is 5. The molecule has 2 aliphatic heterocycles. The zero-order valence-electron chi connectivity index (χ0n) is 16.6. The Morgan fingerprint density at radius 2 is 1.74 bits per heavy atom. The number of non-ortho nitro benzene ring substituents is 1. The third kappa shape index (κ3) is 3.30. The van der Waals surface area contributed by atoms with E-state index in [1.807, 2.05) is 31.2 Å². The molecule has 5 rings (SSSR count). The number of aryl methyl sites for hydroxylation is 1. The van der Waals surface area contributed by atoms with Crippen molar-refractivity contribution in [3.63, 3.8) is 0 Å². The maximum atomic E-state index is 13.4. The Hall–Kier alpha value is -3.49. The molecule has 156 valence electrons. The molecule has 0 saturated carbocycles. The lowest BCUT2D eigenvalue weighted by Crippen LogP contribution is -2.35. The lowest BCUT2D eigenvalue weighted by Gasteiger charge is -2.30. The summed E-state index contributed by atoms with van der Waals surface area (Å²) in [6, 6.07) is 16.8. The highest BCUT2D eigenvalue weighted by atomic mass is 32.2. The average molecular weight is 434 g/mol. The predicted molar refractivity (Wildman–Crippen MR) is 116 cm³/mol. The molecule has 2 aliphatic rings. The first-order chi connectivity index (χ1) is 14.8. The van der Waals surface area contributed by atoms with Gasteiger partial charge in [0, 0.05) is 30.3 Å². The van der Waals surface area contributed by atoms with Gasteiger partial charge in [-0.15, -0.1) is 0 Å². The van der Waals surface area contributed by atoms with E-state index in [4.69, 9.17) is 4.74 Å². The number of nitrogens with zero attached hydrogens (tertiary/aromatic N) is 2. The van der Waals surface area contributed by atoms with Crippen LogP contribution in [0.5, 0.6) is 11.5 Å². The molecule has 0 fully saturated rings. The fraction of sp³-hybridized carbons (Fsp3) is 0.130. The van der Waals surface area contributed by atoms with Crippen LogP contribution in [0.3, 0.4) is 0 Å². The minimum Gasteiger partial charge on any atom is -0.456 e. The maximum Gasteiger partial charge on any atom is 0.273 e. The van der Waals surface area contributed by atoms with Gasteiger partial charge in [0.25, 0.3) is 5.69 Å². The molecule has 0 bridgehead atoms. The van der Waals surface area contributed by atoms with Gasteiger partial charge < -0.3 is 4.74 Å². The predicted octanol–water partition coefficient (Wildman–Crippen LogP) is 4.75. The highest BCUT2D eigenvalue weighted by Gasteiger charge is 2.35. The van der Waals surface area contributed by atoms with Crippen LogP contribution in [-0.2, 0) is 16.6 Å². The molecular formula is C23H18N2O5S. The molecular weight excluding hydrogens is 416 g/mol. The molecule has 0 N–H and O–H groups in total. The Bertz CT molecular complexity index is 1360. The van der Waals surface area contributed by atoms with Crippen LogP contribution in [0.4, 0.5) is 5.69 Å². The van der Waals surface area contributed by atoms with E-state index in [1.165, 1.54) is 16.4 Å². The topological polar surface area (TPSA) is 89.8 Å². The van der Waals surface area contributed by atoms with Crippen LogP contribution in [-0.4, -0.2) is 24.2 Å². The average Bonchev–Trinajstić information content (AvgIpc) is 2.90. The van der Waals surface area contributed by atoms with Crippen molar-refractivity contribution >= 4 is 27.4 Å². The Morgan fingerprint density at radius 3 is 2.48 bits per heavy atom. The van der Waals surface area contributed by atoms with Gasteiger partial charge in [0.05, 0.1) is 15.9 Å². The molecule has 3 aromatic carbocycles. The zero-order valence-corrected chi connectivity index (χ0v) is 17.4. The quantitative estimate of drug-likeness (QED) is 0.438. The van der Waals surface area contributed by atoms with Crippen molar-refractivity contribution in [1.29, 1.82) is 0 Å². The highest BCUT2D eigenvalue weighted by Crippen LogP contribution is 2.45. The summed E-state index contributed by atoms with van der Waals surface area (Å²) < 4.78 is 34.1. The molecule has 0 unspecified atom stereocenters. The van der Waals surface area contributed by atoms with Gasteiger partial charge in [-0.25, -0.2) is 8.42 Å². The normalized spacial score (nSPS) is 15.2. The molecule has 31 heavy (non-hydrogen) atoms. The van der Waals surface area contributed by atoms with Gasteiger partial charge >= 0.3 is 0 Å². The van der Waals surface area contributed by atoms with Gasteiger partial charge in [0.15, 0.2) is 0 Å². The second-order valence-electron chi connectivity index (χ2n) is 7.63. The molecule has 0 saturated heterocycles. The first-order valence-electron chi connectivity index (χ1n) is 9.69. The van der Waals surface area contributed by atoms with Crippen molar-refractivity contribution in [2.45, 2.75) is 18.4 Å². The van der Waals surface area contributed by atoms with Crippen molar-refractivity contribution < 1.29 is 18.1 Å². The van der Waals surface area contributed by atoms with Gasteiger partial charge in [0.2, 0.25) is 10.0 Å². The standard InChI is InChI=1S/C23H18N2O5S/c1-15-6-8-20(9-7-15)31(28,29)24-13-17-10-16-4-2-3-5-21(16)30-22-12-19(25(26)27)11-18(14-24)23(17)22/h2-12H,13-14H2,1H3. The van der Waals surface area contributed by atoms with Crippen LogP contribution in [0, 0.1) is 17.0 Å². The Labute approximate surface area is 179 Å². The van der Waals surface area contributed by atoms with Gasteiger partial charge in [-0.05, 0) is 42.3 Å². The van der Waals surface area contributed by atoms with E-state index in [2.05, 4.69) is 0 Å². The number of benzene rings is 3. The van der Waals surface area contributed by atoms with Crippen LogP contribution in [0.2, 0.25) is 0 Å². The number of rotatable bonds is 3. The molecule has 0 amide bonds. The van der Waals surface area contributed by atoms with Gasteiger partial charge in [0.1, 0.15) is 11.5 Å². The van der Waals surface area contributed by atoms with Crippen molar-refractivity contribution in [3.8, 4) is 11.5 Å². The van der Waals surface area contributed by atoms with Gasteiger partial charge in [-0.3, -0.25) is 10.1 Å². The fourth-order valence-electron chi connectivity index (χ4n) is 3.99. The first-order valence-corrected chi connectivity index (χ1v) is 11.1. The van der Waals surface area contributed by atoms with E-state index in [9.17, 15) is 18.5 Å². The summed E-state index contributed by atoms with van der Waals surface area (Å²) >= 11 is 0. The van der Waals surface area contributed by atoms with Gasteiger partial charge in [-0.1, -0.05) is 35.9 Å². The fourth-order valence-corrected chi connectivity index (χ4v) is 5.39. The van der Waals surface area contributed by atoms with Crippen LogP contribution >= 0.6 is 0 Å². The summed E-state index contributed by atoms with van der Waals surface area (Å²) in [5.41, 5.74) is 3.62. The summed E-state index contributed by atoms with van der Waals surface area (Å²) in [6.07, 6.45) is 1.90. The van der Waals surface area contributed by atoms with E-state index < -0.39 is 14.9 Å². The van der Waals surface area contributed by atoms with Gasteiger partial charge in [-0.2, -0.15) is 4.31 Å². The first kappa shape index (κ1) is 19.5. The highest BCUT2D eigenvalue weighted by molar-refractivity contribution is 7.89. The van der Waals surface area contributed by atoms with Crippen molar-refractivity contribution in [3.05, 3.63) is 93.0 Å². The molecule has 0 aliphatic carbocycles. The second-order valence-corrected chi connectivity index (χ2v) is 9.57. The molecule has 8 heteroatoms. The minimum absolute atomic E-state index is 0.0251. The summed E-state index contributed by atoms with van der Waals surface area (Å²) in [7, 11) is -3.79. The molecule has 0 atom stereocenters. The second kappa shape index (κ2) is 7.04. The molecule has 3 aromatic rings. The summed E-state index contributed by atoms with van der Waals surface area (Å²) in [5, 5.41) is 11.5. The van der Waals surface area contributed by atoms with Crippen LogP contribution in [0.25, 0.3) is 11.6 Å². The number of para-hydroxylation sites is 1. The number of nitro benzene ring substituents is 1. The largest absolute Gasteiger partial charge is 0.456 e. The van der Waals surface area contributed by atoms with Crippen LogP contribution < -0.4 is 4.74 Å². The third-order valence-corrected chi connectivity index (χ3v) is 7.33. The number of sulfonamides is 1. The molecule has 7 nitrogen and oxygen atoms in total. The van der Waals surface area contributed by atoms with Crippen molar-refractivity contribution in [1.82, 2.24) is 4.31 Å². The lowest BCUT2D eigenvalue weighted by molar-refractivity contribution is -0.385. The Kier molecular flexibility index (Phi) is 4.42. The van der Waals surface area contributed by atoms with E-state index in [0.29, 0.717) is 17.1 Å². The number of hydrogen-bond donors (Lipinski definition) is 0. The van der Waals surface area contributed by atoms with E-state index in [0.717, 1.165) is 22.3 Å². The summed E-state index contributed by atoms with van der Waals surface area (Å²) in [6.45, 7) is 2.06. The molecule has 0 aromatic heterocycles. The monoisotopic (exact) mass is 434 g/mol. The maximum absolute atomic E-state index is 13.4. The number of fused-ring (bicyclic) bond motifs is 1. The van der Waals surface area contributed by atoms with E-state index in [-0.39, 0.29) is 23.7 Å². The third-order valence-electron chi connectivity index (χ3n) is 5.52. The van der Waals surface area contributed by atoms with E-state index in [1.54, 1.807) is 30.3 Å². The number of nitro groups is 1. The van der Waals surface area contributed by atoms with Crippen LogP contribution in [0.1, 0.15) is 22.3 Å². The Morgan fingerprint density at radius 1 is 1.00 bits per heavy atom. The molecule has 0 spiro atoms. The van der Waals surface area contributed by atoms with Crippen molar-refractivity contribution in [2.24, 2.45) is 0 Å². The van der Waals surface area contributed by atoms with E-state index >= 15 is 0 Å². The zero-order chi connectivity index (χ0) is 21.8. The number of ether oxygens (including phenoxy) is 1. The summed E-state index contributed by atoms with van der Waals surface area (Å²) in [4.78, 5) is 11.2. The van der Waals surface area contributed by atoms with Crippen LogP contribution in [0.15, 0.2) is 65.6 Å². The van der Waals surface area contributed by atoms with Crippen molar-refractivity contribution in [2.75, 3.05) is 6.54 Å².